The molecule has 9 heteroatoms. The Kier molecular flexibility index (Phi) is 4.08. The summed E-state index contributed by atoms with van der Waals surface area (Å²) in [5.41, 5.74) is 1.38. The summed E-state index contributed by atoms with van der Waals surface area (Å²) in [5, 5.41) is -0.220. The second-order valence-corrected chi connectivity index (χ2v) is 7.45. The number of aromatic nitrogens is 3. The van der Waals surface area contributed by atoms with Crippen molar-refractivity contribution in [3.8, 4) is 5.75 Å². The number of para-hydroxylation sites is 1. The first-order valence-electron chi connectivity index (χ1n) is 8.03. The Labute approximate surface area is 154 Å². The van der Waals surface area contributed by atoms with Crippen LogP contribution in [0.25, 0.3) is 11.1 Å². The lowest BCUT2D eigenvalue weighted by Gasteiger charge is -2.08. The van der Waals surface area contributed by atoms with E-state index in [9.17, 15) is 13.2 Å². The fraction of sp³-hybridized carbons (Fsp3) is 0.111. The lowest BCUT2D eigenvalue weighted by Crippen LogP contribution is -2.16. The molecule has 0 bridgehead atoms. The van der Waals surface area contributed by atoms with Crippen molar-refractivity contribution in [2.75, 3.05) is 0 Å². The first kappa shape index (κ1) is 17.1. The third-order valence-electron chi connectivity index (χ3n) is 3.97. The molecule has 0 radical (unpaired) electrons. The number of nitrogens with zero attached hydrogens (tertiary/aromatic N) is 3. The standard InChI is InChI=1S/C18H15N3O5S/c1-20-11-16(19-12-20)27(23,24)26-15-9-5-8-14-17(15)21(18(22)25-14)10-13-6-3-2-4-7-13/h2-9,11-12H,10H2,1H3. The molecule has 2 aromatic heterocycles. The molecule has 0 unspecified atom stereocenters. The van der Waals surface area contributed by atoms with E-state index in [0.717, 1.165) is 5.56 Å². The summed E-state index contributed by atoms with van der Waals surface area (Å²) in [6, 6.07) is 13.9. The van der Waals surface area contributed by atoms with Crippen molar-refractivity contribution < 1.29 is 17.0 Å². The largest absolute Gasteiger partial charge is 0.420 e. The molecule has 0 aliphatic rings. The van der Waals surface area contributed by atoms with Gasteiger partial charge in [0, 0.05) is 13.2 Å². The van der Waals surface area contributed by atoms with Crippen molar-refractivity contribution in [2.24, 2.45) is 7.05 Å². The zero-order chi connectivity index (χ0) is 19.0. The molecule has 4 rings (SSSR count). The molecule has 0 atom stereocenters. The Morgan fingerprint density at radius 1 is 1.11 bits per heavy atom. The molecule has 0 amide bonds. The summed E-state index contributed by atoms with van der Waals surface area (Å²) in [7, 11) is -2.50. The lowest BCUT2D eigenvalue weighted by molar-refractivity contribution is 0.483. The quantitative estimate of drug-likeness (QED) is 0.489. The van der Waals surface area contributed by atoms with Gasteiger partial charge >= 0.3 is 15.9 Å². The zero-order valence-corrected chi connectivity index (χ0v) is 15.1. The number of oxazole rings is 1. The number of fused-ring (bicyclic) bond motifs is 1. The fourth-order valence-electron chi connectivity index (χ4n) is 2.75. The summed E-state index contributed by atoms with van der Waals surface area (Å²) < 4.78 is 38.4. The fourth-order valence-corrected chi connectivity index (χ4v) is 3.67. The number of aryl methyl sites for hydroxylation is 1. The van der Waals surface area contributed by atoms with Crippen LogP contribution in [0.1, 0.15) is 5.56 Å². The number of rotatable bonds is 5. The Morgan fingerprint density at radius 2 is 1.89 bits per heavy atom. The van der Waals surface area contributed by atoms with Gasteiger partial charge in [-0.05, 0) is 17.7 Å². The highest BCUT2D eigenvalue weighted by molar-refractivity contribution is 7.87. The average molecular weight is 385 g/mol. The highest BCUT2D eigenvalue weighted by Crippen LogP contribution is 2.28. The highest BCUT2D eigenvalue weighted by atomic mass is 32.2. The predicted molar refractivity (Wildman–Crippen MR) is 97.0 cm³/mol. The van der Waals surface area contributed by atoms with E-state index >= 15 is 0 Å². The minimum atomic E-state index is -4.15. The summed E-state index contributed by atoms with van der Waals surface area (Å²) in [6.45, 7) is 0.219. The first-order chi connectivity index (χ1) is 12.9. The second-order valence-electron chi connectivity index (χ2n) is 5.96. The van der Waals surface area contributed by atoms with Crippen LogP contribution < -0.4 is 9.94 Å². The minimum Gasteiger partial charge on any atom is -0.408 e. The monoisotopic (exact) mass is 385 g/mol. The van der Waals surface area contributed by atoms with E-state index in [1.54, 1.807) is 19.2 Å². The van der Waals surface area contributed by atoms with Gasteiger partial charge in [0.15, 0.2) is 11.3 Å². The van der Waals surface area contributed by atoms with Crippen molar-refractivity contribution in [3.63, 3.8) is 0 Å². The number of hydrogen-bond acceptors (Lipinski definition) is 6. The topological polar surface area (TPSA) is 96.3 Å². The third kappa shape index (κ3) is 3.24. The first-order valence-corrected chi connectivity index (χ1v) is 9.43. The van der Waals surface area contributed by atoms with E-state index in [-0.39, 0.29) is 28.4 Å². The van der Waals surface area contributed by atoms with Crippen LogP contribution >= 0.6 is 0 Å². The molecule has 4 aromatic rings. The van der Waals surface area contributed by atoms with Crippen LogP contribution in [0.5, 0.6) is 5.75 Å². The van der Waals surface area contributed by atoms with Gasteiger partial charge in [0.1, 0.15) is 5.52 Å². The van der Waals surface area contributed by atoms with Gasteiger partial charge in [-0.15, -0.1) is 0 Å². The second kappa shape index (κ2) is 6.44. The Balaban J connectivity index is 1.81. The van der Waals surface area contributed by atoms with Crippen LogP contribution in [0.4, 0.5) is 0 Å². The molecule has 8 nitrogen and oxygen atoms in total. The van der Waals surface area contributed by atoms with E-state index < -0.39 is 15.9 Å². The van der Waals surface area contributed by atoms with E-state index in [1.807, 2.05) is 30.3 Å². The third-order valence-corrected chi connectivity index (χ3v) is 5.09. The Hall–Kier alpha value is -3.33. The van der Waals surface area contributed by atoms with Gasteiger partial charge in [-0.25, -0.2) is 9.78 Å². The molecule has 0 spiro atoms. The average Bonchev–Trinajstić information content (AvgIpc) is 3.21. The van der Waals surface area contributed by atoms with Gasteiger partial charge in [0.05, 0.1) is 12.9 Å². The molecule has 2 heterocycles. The summed E-state index contributed by atoms with van der Waals surface area (Å²) in [5.74, 6) is -0.597. The maximum Gasteiger partial charge on any atom is 0.420 e. The lowest BCUT2D eigenvalue weighted by atomic mass is 10.2. The van der Waals surface area contributed by atoms with Crippen LogP contribution in [0.2, 0.25) is 0 Å². The van der Waals surface area contributed by atoms with Crippen LogP contribution in [0.15, 0.2) is 75.3 Å². The maximum atomic E-state index is 12.5. The van der Waals surface area contributed by atoms with Crippen molar-refractivity contribution in [3.05, 3.63) is 77.2 Å². The summed E-state index contributed by atoms with van der Waals surface area (Å²) >= 11 is 0. The van der Waals surface area contributed by atoms with Gasteiger partial charge in [-0.3, -0.25) is 4.57 Å². The highest BCUT2D eigenvalue weighted by Gasteiger charge is 2.23. The molecule has 0 aliphatic carbocycles. The molecular formula is C18H15N3O5S. The molecular weight excluding hydrogens is 370 g/mol. The molecule has 0 saturated heterocycles. The van der Waals surface area contributed by atoms with Crippen molar-refractivity contribution in [2.45, 2.75) is 11.6 Å². The summed E-state index contributed by atoms with van der Waals surface area (Å²) in [4.78, 5) is 16.1. The molecule has 0 N–H and O–H groups in total. The smallest absolute Gasteiger partial charge is 0.408 e. The van der Waals surface area contributed by atoms with E-state index in [2.05, 4.69) is 4.98 Å². The van der Waals surface area contributed by atoms with Crippen molar-refractivity contribution in [1.82, 2.24) is 14.1 Å². The molecule has 0 aliphatic heterocycles. The predicted octanol–water partition coefficient (Wildman–Crippen LogP) is 2.14. The van der Waals surface area contributed by atoms with Crippen LogP contribution in [-0.4, -0.2) is 22.5 Å². The van der Waals surface area contributed by atoms with Crippen molar-refractivity contribution in [1.29, 1.82) is 0 Å². The number of imidazole rings is 1. The van der Waals surface area contributed by atoms with Crippen LogP contribution in [-0.2, 0) is 23.7 Å². The summed E-state index contributed by atoms with van der Waals surface area (Å²) in [6.07, 6.45) is 2.70. The van der Waals surface area contributed by atoms with Gasteiger partial charge in [-0.2, -0.15) is 8.42 Å². The molecule has 2 aromatic carbocycles. The van der Waals surface area contributed by atoms with Crippen LogP contribution in [0.3, 0.4) is 0 Å². The number of hydrogen-bond donors (Lipinski definition) is 0. The van der Waals surface area contributed by atoms with Gasteiger partial charge in [0.2, 0.25) is 5.03 Å². The number of benzene rings is 2. The maximum absolute atomic E-state index is 12.5. The molecule has 0 fully saturated rings. The zero-order valence-electron chi connectivity index (χ0n) is 14.3. The van der Waals surface area contributed by atoms with E-state index in [4.69, 9.17) is 8.60 Å². The molecule has 138 valence electrons. The Bertz CT molecular complexity index is 1270. The SMILES string of the molecule is Cn1cnc(S(=O)(=O)Oc2cccc3oc(=O)n(Cc4ccccc4)c23)c1. The van der Waals surface area contributed by atoms with Gasteiger partial charge in [0.25, 0.3) is 0 Å². The Morgan fingerprint density at radius 3 is 2.59 bits per heavy atom. The van der Waals surface area contributed by atoms with E-state index in [0.29, 0.717) is 0 Å². The van der Waals surface area contributed by atoms with Gasteiger partial charge < -0.3 is 13.2 Å². The van der Waals surface area contributed by atoms with Crippen LogP contribution in [0, 0.1) is 0 Å². The molecule has 27 heavy (non-hydrogen) atoms. The normalized spacial score (nSPS) is 11.7. The van der Waals surface area contributed by atoms with Crippen molar-refractivity contribution >= 4 is 21.2 Å². The van der Waals surface area contributed by atoms with Gasteiger partial charge in [-0.1, -0.05) is 36.4 Å². The van der Waals surface area contributed by atoms with E-state index in [1.165, 1.54) is 27.7 Å². The minimum absolute atomic E-state index is 0.0000609. The molecule has 0 saturated carbocycles.